The molecule has 2 fully saturated rings. The van der Waals surface area contributed by atoms with Gasteiger partial charge in [0.05, 0.1) is 23.1 Å². The molecule has 2 heterocycles. The van der Waals surface area contributed by atoms with Gasteiger partial charge < -0.3 is 20.7 Å². The van der Waals surface area contributed by atoms with Crippen LogP contribution < -0.4 is 20.7 Å². The van der Waals surface area contributed by atoms with Gasteiger partial charge in [0.1, 0.15) is 5.75 Å². The molecule has 12 heteroatoms. The number of benzene rings is 1. The Morgan fingerprint density at radius 2 is 1.86 bits per heavy atom. The van der Waals surface area contributed by atoms with Gasteiger partial charge in [0.2, 0.25) is 5.91 Å². The molecule has 3 atom stereocenters. The van der Waals surface area contributed by atoms with Crippen LogP contribution in [0.5, 0.6) is 5.75 Å². The largest absolute Gasteiger partial charge is 0.573 e. The van der Waals surface area contributed by atoms with Crippen molar-refractivity contribution < 1.29 is 35.9 Å². The number of ether oxygens (including phenoxy) is 1. The average molecular weight is 435 g/mol. The number of halogens is 3. The monoisotopic (exact) mass is 435 g/mol. The zero-order valence-corrected chi connectivity index (χ0v) is 16.0. The van der Waals surface area contributed by atoms with E-state index in [0.29, 0.717) is 24.9 Å². The zero-order chi connectivity index (χ0) is 21.2. The Morgan fingerprint density at radius 1 is 1.17 bits per heavy atom. The third kappa shape index (κ3) is 5.52. The molecule has 1 aromatic carbocycles. The van der Waals surface area contributed by atoms with E-state index in [1.165, 1.54) is 12.1 Å². The highest BCUT2D eigenvalue weighted by Crippen LogP contribution is 2.28. The van der Waals surface area contributed by atoms with E-state index in [9.17, 15) is 31.2 Å². The molecule has 1 aromatic rings. The first-order valence-corrected chi connectivity index (χ1v) is 10.7. The number of unbranched alkanes of at least 4 members (excludes halogenated alkanes) is 1. The minimum atomic E-state index is -4.78. The molecule has 0 spiro atoms. The maximum atomic E-state index is 12.2. The summed E-state index contributed by atoms with van der Waals surface area (Å²) in [5.41, 5.74) is 0.325. The maximum absolute atomic E-state index is 12.2. The number of sulfone groups is 1. The van der Waals surface area contributed by atoms with Crippen molar-refractivity contribution in [2.75, 3.05) is 11.1 Å². The molecule has 0 aliphatic carbocycles. The lowest BCUT2D eigenvalue weighted by Gasteiger charge is -2.16. The average Bonchev–Trinajstić information content (AvgIpc) is 3.04. The van der Waals surface area contributed by atoms with E-state index in [-0.39, 0.29) is 29.9 Å². The van der Waals surface area contributed by atoms with Crippen LogP contribution in [0.2, 0.25) is 0 Å². The van der Waals surface area contributed by atoms with E-state index >= 15 is 0 Å². The standard InChI is InChI=1S/C17H20F3N3O5S/c18-17(19,20)28-11-7-5-10(6-8-11)21-14(24)4-2-1-3-13-15-12(9-29(13,26)27)22-16(25)23-15/h5-8,12-13,15H,1-4,9H2,(H,21,24)(H2,22,23,25). The maximum Gasteiger partial charge on any atom is 0.573 e. The zero-order valence-electron chi connectivity index (χ0n) is 15.2. The van der Waals surface area contributed by atoms with Gasteiger partial charge in [-0.2, -0.15) is 0 Å². The minimum absolute atomic E-state index is 0.0877. The third-order valence-corrected chi connectivity index (χ3v) is 7.11. The summed E-state index contributed by atoms with van der Waals surface area (Å²) in [6.07, 6.45) is -3.40. The van der Waals surface area contributed by atoms with Gasteiger partial charge in [-0.25, -0.2) is 13.2 Å². The van der Waals surface area contributed by atoms with E-state index < -0.39 is 33.5 Å². The summed E-state index contributed by atoms with van der Waals surface area (Å²) in [6.45, 7) is 0. The molecule has 3 N–H and O–H groups in total. The highest BCUT2D eigenvalue weighted by atomic mass is 32.2. The van der Waals surface area contributed by atoms with Crippen molar-refractivity contribution in [2.24, 2.45) is 0 Å². The number of nitrogens with one attached hydrogen (secondary N) is 3. The van der Waals surface area contributed by atoms with Crippen molar-refractivity contribution in [3.63, 3.8) is 0 Å². The fourth-order valence-corrected chi connectivity index (χ4v) is 5.87. The van der Waals surface area contributed by atoms with E-state index in [1.807, 2.05) is 0 Å². The summed E-state index contributed by atoms with van der Waals surface area (Å²) >= 11 is 0. The van der Waals surface area contributed by atoms with Crippen LogP contribution in [0.1, 0.15) is 25.7 Å². The van der Waals surface area contributed by atoms with E-state index in [2.05, 4.69) is 20.7 Å². The number of rotatable bonds is 7. The van der Waals surface area contributed by atoms with Crippen molar-refractivity contribution in [3.8, 4) is 5.75 Å². The summed E-state index contributed by atoms with van der Waals surface area (Å²) in [4.78, 5) is 23.3. The summed E-state index contributed by atoms with van der Waals surface area (Å²) in [5, 5.41) is 7.11. The topological polar surface area (TPSA) is 114 Å². The minimum Gasteiger partial charge on any atom is -0.406 e. The quantitative estimate of drug-likeness (QED) is 0.447. The van der Waals surface area contributed by atoms with E-state index in [4.69, 9.17) is 0 Å². The molecular formula is C17H20F3N3O5S. The number of urea groups is 1. The molecule has 0 radical (unpaired) electrons. The number of fused-ring (bicyclic) bond motifs is 1. The number of carbonyl (C=O) groups excluding carboxylic acids is 2. The Labute approximate surface area is 165 Å². The van der Waals surface area contributed by atoms with Crippen LogP contribution in [0.25, 0.3) is 0 Å². The molecule has 0 aromatic heterocycles. The fraction of sp³-hybridized carbons (Fsp3) is 0.529. The predicted octanol–water partition coefficient (Wildman–Crippen LogP) is 1.93. The van der Waals surface area contributed by atoms with Crippen molar-refractivity contribution in [1.82, 2.24) is 10.6 Å². The molecule has 3 unspecified atom stereocenters. The van der Waals surface area contributed by atoms with Gasteiger partial charge >= 0.3 is 12.4 Å². The number of alkyl halides is 3. The summed E-state index contributed by atoms with van der Waals surface area (Å²) in [6, 6.07) is 3.54. The van der Waals surface area contributed by atoms with Crippen LogP contribution >= 0.6 is 0 Å². The Morgan fingerprint density at radius 3 is 2.52 bits per heavy atom. The van der Waals surface area contributed by atoms with E-state index in [1.54, 1.807) is 0 Å². The second kappa shape index (κ2) is 8.09. The Kier molecular flexibility index (Phi) is 5.92. The molecule has 2 aliphatic heterocycles. The van der Waals surface area contributed by atoms with Crippen LogP contribution in [0.15, 0.2) is 24.3 Å². The summed E-state index contributed by atoms with van der Waals surface area (Å²) in [5.74, 6) is -0.812. The number of hydrogen-bond donors (Lipinski definition) is 3. The molecule has 160 valence electrons. The van der Waals surface area contributed by atoms with Gasteiger partial charge in [-0.15, -0.1) is 13.2 Å². The molecular weight excluding hydrogens is 415 g/mol. The first-order valence-electron chi connectivity index (χ1n) is 8.98. The van der Waals surface area contributed by atoms with E-state index in [0.717, 1.165) is 12.1 Å². The van der Waals surface area contributed by atoms with Gasteiger partial charge in [-0.3, -0.25) is 4.79 Å². The lowest BCUT2D eigenvalue weighted by atomic mass is 10.0. The van der Waals surface area contributed by atoms with Crippen molar-refractivity contribution in [1.29, 1.82) is 0 Å². The number of anilines is 1. The molecule has 0 saturated carbocycles. The van der Waals surface area contributed by atoms with Crippen molar-refractivity contribution in [2.45, 2.75) is 49.4 Å². The summed E-state index contributed by atoms with van der Waals surface area (Å²) in [7, 11) is -3.31. The van der Waals surface area contributed by atoms with Gasteiger partial charge in [-0.05, 0) is 37.1 Å². The van der Waals surface area contributed by atoms with Gasteiger partial charge in [0.25, 0.3) is 0 Å². The normalized spacial score (nSPS) is 25.1. The highest BCUT2D eigenvalue weighted by molar-refractivity contribution is 7.92. The van der Waals surface area contributed by atoms with Crippen molar-refractivity contribution in [3.05, 3.63) is 24.3 Å². The lowest BCUT2D eigenvalue weighted by molar-refractivity contribution is -0.274. The molecule has 3 rings (SSSR count). The van der Waals surface area contributed by atoms with Gasteiger partial charge in [-0.1, -0.05) is 6.42 Å². The smallest absolute Gasteiger partial charge is 0.406 e. The lowest BCUT2D eigenvalue weighted by Crippen LogP contribution is -2.39. The highest BCUT2D eigenvalue weighted by Gasteiger charge is 2.51. The SMILES string of the molecule is O=C(CCCCC1C2NC(=O)NC2CS1(=O)=O)Nc1ccc(OC(F)(F)F)cc1. The Bertz CT molecular complexity index is 873. The molecule has 2 saturated heterocycles. The fourth-order valence-electron chi connectivity index (χ4n) is 3.60. The first kappa shape index (κ1) is 21.2. The number of amides is 3. The molecule has 3 amide bonds. The van der Waals surface area contributed by atoms with Crippen LogP contribution in [-0.2, 0) is 14.6 Å². The second-order valence-corrected chi connectivity index (χ2v) is 9.25. The Hall–Kier alpha value is -2.50. The van der Waals surface area contributed by atoms with Crippen LogP contribution in [0.3, 0.4) is 0 Å². The third-order valence-electron chi connectivity index (χ3n) is 4.84. The number of hydrogen-bond acceptors (Lipinski definition) is 5. The van der Waals surface area contributed by atoms with Crippen LogP contribution in [0, 0.1) is 0 Å². The van der Waals surface area contributed by atoms with Crippen LogP contribution in [0.4, 0.5) is 23.7 Å². The molecule has 8 nitrogen and oxygen atoms in total. The molecule has 29 heavy (non-hydrogen) atoms. The Balaban J connectivity index is 1.41. The summed E-state index contributed by atoms with van der Waals surface area (Å²) < 4.78 is 64.5. The van der Waals surface area contributed by atoms with Gasteiger partial charge in [0, 0.05) is 12.1 Å². The molecule has 2 aliphatic rings. The predicted molar refractivity (Wildman–Crippen MR) is 97.0 cm³/mol. The molecule has 0 bridgehead atoms. The van der Waals surface area contributed by atoms with Crippen molar-refractivity contribution >= 4 is 27.5 Å². The second-order valence-electron chi connectivity index (χ2n) is 6.98. The van der Waals surface area contributed by atoms with Crippen LogP contribution in [-0.4, -0.2) is 49.8 Å². The van der Waals surface area contributed by atoms with Gasteiger partial charge in [0.15, 0.2) is 9.84 Å². The number of carbonyl (C=O) groups is 2. The first-order chi connectivity index (χ1) is 13.5.